The van der Waals surface area contributed by atoms with Gasteiger partial charge in [-0.15, -0.1) is 0 Å². The number of aliphatic hydroxyl groups is 1. The normalized spacial score (nSPS) is 29.8. The van der Waals surface area contributed by atoms with Gasteiger partial charge in [-0.25, -0.2) is 4.79 Å². The number of carbonyl (C=O) groups is 1. The molecule has 0 heterocycles. The van der Waals surface area contributed by atoms with Crippen LogP contribution < -0.4 is 5.32 Å². The third-order valence-corrected chi connectivity index (χ3v) is 3.85. The van der Waals surface area contributed by atoms with E-state index in [0.29, 0.717) is 11.8 Å². The molecular formula is C13H25NO3. The van der Waals surface area contributed by atoms with E-state index in [1.807, 2.05) is 0 Å². The standard InChI is InChI=1S/C13H25NO3/c1-13(2,3)11-7-10(14-12(16)17-4)6-5-9(11)8-15/h9-11,15H,5-8H2,1-4H3,(H,14,16)/t9-,10+,11+/m1/s1. The smallest absolute Gasteiger partial charge is 0.407 e. The number of amides is 1. The van der Waals surface area contributed by atoms with Gasteiger partial charge >= 0.3 is 6.09 Å². The van der Waals surface area contributed by atoms with Crippen LogP contribution in [0.4, 0.5) is 4.79 Å². The largest absolute Gasteiger partial charge is 0.453 e. The Bertz CT molecular complexity index is 260. The molecule has 0 bridgehead atoms. The molecular weight excluding hydrogens is 218 g/mol. The summed E-state index contributed by atoms with van der Waals surface area (Å²) in [6.07, 6.45) is 2.45. The Kier molecular flexibility index (Phi) is 4.80. The summed E-state index contributed by atoms with van der Waals surface area (Å²) >= 11 is 0. The zero-order chi connectivity index (χ0) is 13.1. The van der Waals surface area contributed by atoms with E-state index in [1.165, 1.54) is 7.11 Å². The first kappa shape index (κ1) is 14.3. The van der Waals surface area contributed by atoms with Crippen molar-refractivity contribution in [1.29, 1.82) is 0 Å². The van der Waals surface area contributed by atoms with E-state index >= 15 is 0 Å². The summed E-state index contributed by atoms with van der Waals surface area (Å²) < 4.78 is 4.63. The Hall–Kier alpha value is -0.770. The van der Waals surface area contributed by atoms with E-state index in [4.69, 9.17) is 0 Å². The molecule has 0 aromatic rings. The highest BCUT2D eigenvalue weighted by Crippen LogP contribution is 2.41. The molecule has 0 aromatic heterocycles. The first-order valence-corrected chi connectivity index (χ1v) is 6.33. The number of ether oxygens (including phenoxy) is 1. The number of nitrogens with one attached hydrogen (secondary N) is 1. The lowest BCUT2D eigenvalue weighted by molar-refractivity contribution is 0.0470. The Labute approximate surface area is 104 Å². The van der Waals surface area contributed by atoms with E-state index in [2.05, 4.69) is 30.8 Å². The molecule has 1 rings (SSSR count). The van der Waals surface area contributed by atoms with Gasteiger partial charge in [0.1, 0.15) is 0 Å². The minimum Gasteiger partial charge on any atom is -0.453 e. The molecule has 1 aliphatic rings. The monoisotopic (exact) mass is 243 g/mol. The number of carbonyl (C=O) groups excluding carboxylic acids is 1. The fourth-order valence-corrected chi connectivity index (χ4v) is 2.87. The van der Waals surface area contributed by atoms with Gasteiger partial charge in [0.15, 0.2) is 0 Å². The highest BCUT2D eigenvalue weighted by molar-refractivity contribution is 5.67. The summed E-state index contributed by atoms with van der Waals surface area (Å²) in [5.74, 6) is 0.786. The van der Waals surface area contributed by atoms with Gasteiger partial charge in [0.2, 0.25) is 0 Å². The summed E-state index contributed by atoms with van der Waals surface area (Å²) in [6, 6.07) is 0.175. The van der Waals surface area contributed by atoms with Crippen molar-refractivity contribution in [2.75, 3.05) is 13.7 Å². The maximum atomic E-state index is 11.2. The van der Waals surface area contributed by atoms with E-state index in [1.54, 1.807) is 0 Å². The maximum absolute atomic E-state index is 11.2. The molecule has 2 N–H and O–H groups in total. The molecule has 0 radical (unpaired) electrons. The molecule has 3 atom stereocenters. The second-order valence-corrected chi connectivity index (χ2v) is 6.06. The molecule has 100 valence electrons. The van der Waals surface area contributed by atoms with Crippen molar-refractivity contribution in [3.05, 3.63) is 0 Å². The van der Waals surface area contributed by atoms with Gasteiger partial charge in [-0.1, -0.05) is 20.8 Å². The molecule has 0 unspecified atom stereocenters. The van der Waals surface area contributed by atoms with Crippen LogP contribution in [-0.4, -0.2) is 31.0 Å². The molecule has 0 aliphatic heterocycles. The molecule has 17 heavy (non-hydrogen) atoms. The predicted octanol–water partition coefficient (Wildman–Crippen LogP) is 2.17. The van der Waals surface area contributed by atoms with E-state index < -0.39 is 0 Å². The number of aliphatic hydroxyl groups excluding tert-OH is 1. The number of rotatable bonds is 2. The van der Waals surface area contributed by atoms with Gasteiger partial charge in [0.25, 0.3) is 0 Å². The second-order valence-electron chi connectivity index (χ2n) is 6.06. The van der Waals surface area contributed by atoms with E-state index in [9.17, 15) is 9.90 Å². The summed E-state index contributed by atoms with van der Waals surface area (Å²) in [5.41, 5.74) is 0.157. The summed E-state index contributed by atoms with van der Waals surface area (Å²) in [6.45, 7) is 6.83. The second kappa shape index (κ2) is 5.71. The van der Waals surface area contributed by atoms with Crippen molar-refractivity contribution >= 4 is 6.09 Å². The van der Waals surface area contributed by atoms with E-state index in [0.717, 1.165) is 19.3 Å². The van der Waals surface area contributed by atoms with Gasteiger partial charge in [0.05, 0.1) is 7.11 Å². The maximum Gasteiger partial charge on any atom is 0.407 e. The van der Waals surface area contributed by atoms with E-state index in [-0.39, 0.29) is 24.2 Å². The highest BCUT2D eigenvalue weighted by Gasteiger charge is 2.37. The fraction of sp³-hybridized carbons (Fsp3) is 0.923. The number of hydrogen-bond acceptors (Lipinski definition) is 3. The molecule has 1 amide bonds. The lowest BCUT2D eigenvalue weighted by Crippen LogP contribution is -2.45. The van der Waals surface area contributed by atoms with Crippen LogP contribution in [0, 0.1) is 17.3 Å². The van der Waals surface area contributed by atoms with Gasteiger partial charge < -0.3 is 15.2 Å². The zero-order valence-corrected chi connectivity index (χ0v) is 11.3. The van der Waals surface area contributed by atoms with Crippen LogP contribution in [-0.2, 0) is 4.74 Å². The lowest BCUT2D eigenvalue weighted by atomic mass is 9.65. The third kappa shape index (κ3) is 3.87. The van der Waals surface area contributed by atoms with Crippen LogP contribution in [0.2, 0.25) is 0 Å². The van der Waals surface area contributed by atoms with Crippen molar-refractivity contribution in [3.63, 3.8) is 0 Å². The van der Waals surface area contributed by atoms with Crippen LogP contribution in [0.1, 0.15) is 40.0 Å². The van der Waals surface area contributed by atoms with Crippen LogP contribution >= 0.6 is 0 Å². The Morgan fingerprint density at radius 1 is 1.41 bits per heavy atom. The first-order chi connectivity index (χ1) is 7.88. The average Bonchev–Trinajstić information content (AvgIpc) is 2.27. The Balaban J connectivity index is 2.63. The van der Waals surface area contributed by atoms with Gasteiger partial charge in [0, 0.05) is 12.6 Å². The van der Waals surface area contributed by atoms with Crippen LogP contribution in [0.15, 0.2) is 0 Å². The van der Waals surface area contributed by atoms with Crippen molar-refractivity contribution in [2.45, 2.75) is 46.1 Å². The number of hydrogen-bond donors (Lipinski definition) is 2. The van der Waals surface area contributed by atoms with Crippen molar-refractivity contribution in [2.24, 2.45) is 17.3 Å². The number of alkyl carbamates (subject to hydrolysis) is 1. The zero-order valence-electron chi connectivity index (χ0n) is 11.3. The molecule has 0 saturated heterocycles. The molecule has 0 spiro atoms. The fourth-order valence-electron chi connectivity index (χ4n) is 2.87. The number of methoxy groups -OCH3 is 1. The molecule has 0 aromatic carbocycles. The Morgan fingerprint density at radius 3 is 2.53 bits per heavy atom. The minimum absolute atomic E-state index is 0.157. The van der Waals surface area contributed by atoms with Crippen molar-refractivity contribution in [3.8, 4) is 0 Å². The predicted molar refractivity (Wildman–Crippen MR) is 66.7 cm³/mol. The lowest BCUT2D eigenvalue weighted by Gasteiger charge is -2.42. The molecule has 1 fully saturated rings. The van der Waals surface area contributed by atoms with Gasteiger partial charge in [-0.2, -0.15) is 0 Å². The van der Waals surface area contributed by atoms with Crippen molar-refractivity contribution in [1.82, 2.24) is 5.32 Å². The Morgan fingerprint density at radius 2 is 2.06 bits per heavy atom. The summed E-state index contributed by atoms with van der Waals surface area (Å²) in [4.78, 5) is 11.2. The molecule has 4 heteroatoms. The summed E-state index contributed by atoms with van der Waals surface area (Å²) in [7, 11) is 1.38. The molecule has 4 nitrogen and oxygen atoms in total. The average molecular weight is 243 g/mol. The van der Waals surface area contributed by atoms with Crippen molar-refractivity contribution < 1.29 is 14.6 Å². The first-order valence-electron chi connectivity index (χ1n) is 6.33. The van der Waals surface area contributed by atoms with Gasteiger partial charge in [-0.05, 0) is 36.5 Å². The molecule has 1 aliphatic carbocycles. The quantitative estimate of drug-likeness (QED) is 0.781. The van der Waals surface area contributed by atoms with Gasteiger partial charge in [-0.3, -0.25) is 0 Å². The minimum atomic E-state index is -0.356. The molecule has 1 saturated carbocycles. The van der Waals surface area contributed by atoms with Crippen LogP contribution in [0.3, 0.4) is 0 Å². The van der Waals surface area contributed by atoms with Crippen LogP contribution in [0.25, 0.3) is 0 Å². The SMILES string of the molecule is COC(=O)N[C@H]1CC[C@H](CO)[C@@H](C(C)(C)C)C1. The third-order valence-electron chi connectivity index (χ3n) is 3.85. The topological polar surface area (TPSA) is 58.6 Å². The highest BCUT2D eigenvalue weighted by atomic mass is 16.5. The summed E-state index contributed by atoms with van der Waals surface area (Å²) in [5, 5.41) is 12.3. The van der Waals surface area contributed by atoms with Crippen LogP contribution in [0.5, 0.6) is 0 Å².